The molecule has 108 valence electrons. The predicted molar refractivity (Wildman–Crippen MR) is 77.1 cm³/mol. The zero-order chi connectivity index (χ0) is 15.6. The van der Waals surface area contributed by atoms with E-state index in [9.17, 15) is 14.9 Å². The number of rotatable bonds is 4. The van der Waals surface area contributed by atoms with Crippen molar-refractivity contribution in [3.63, 3.8) is 0 Å². The first kappa shape index (κ1) is 14.4. The highest BCUT2D eigenvalue weighted by molar-refractivity contribution is 5.87. The van der Waals surface area contributed by atoms with Crippen LogP contribution in [0.15, 0.2) is 36.4 Å². The Morgan fingerprint density at radius 2 is 1.95 bits per heavy atom. The topological polar surface area (TPSA) is 96.6 Å². The van der Waals surface area contributed by atoms with E-state index in [4.69, 9.17) is 5.11 Å². The highest BCUT2D eigenvalue weighted by atomic mass is 16.6. The molecule has 2 aromatic rings. The molecule has 0 saturated heterocycles. The Morgan fingerprint density at radius 3 is 2.52 bits per heavy atom. The number of benzene rings is 1. The number of anilines is 2. The van der Waals surface area contributed by atoms with Crippen molar-refractivity contribution in [3.05, 3.63) is 57.8 Å². The number of nitro groups is 1. The molecule has 7 heteroatoms. The van der Waals surface area contributed by atoms with E-state index in [2.05, 4.69) is 4.98 Å². The van der Waals surface area contributed by atoms with Gasteiger partial charge < -0.3 is 10.0 Å². The molecule has 0 aliphatic carbocycles. The van der Waals surface area contributed by atoms with Crippen LogP contribution in [0.1, 0.15) is 16.1 Å². The summed E-state index contributed by atoms with van der Waals surface area (Å²) in [4.78, 5) is 27.0. The first-order valence-electron chi connectivity index (χ1n) is 6.10. The highest BCUT2D eigenvalue weighted by Gasteiger charge is 2.23. The maximum absolute atomic E-state index is 11.1. The van der Waals surface area contributed by atoms with Crippen LogP contribution in [-0.2, 0) is 0 Å². The maximum Gasteiger partial charge on any atom is 0.354 e. The van der Waals surface area contributed by atoms with Crippen LogP contribution in [0.25, 0.3) is 0 Å². The van der Waals surface area contributed by atoms with E-state index in [1.54, 1.807) is 19.2 Å². The number of hydrogen-bond donors (Lipinski definition) is 1. The molecule has 0 aliphatic rings. The van der Waals surface area contributed by atoms with Crippen molar-refractivity contribution in [3.8, 4) is 0 Å². The Bertz CT molecular complexity index is 715. The Kier molecular flexibility index (Phi) is 3.84. The molecule has 0 spiro atoms. The smallest absolute Gasteiger partial charge is 0.354 e. The van der Waals surface area contributed by atoms with Crippen molar-refractivity contribution >= 4 is 23.2 Å². The van der Waals surface area contributed by atoms with Crippen LogP contribution in [0.5, 0.6) is 0 Å². The minimum atomic E-state index is -1.23. The summed E-state index contributed by atoms with van der Waals surface area (Å²) < 4.78 is 0. The van der Waals surface area contributed by atoms with Crippen LogP contribution in [0.3, 0.4) is 0 Å². The fourth-order valence-electron chi connectivity index (χ4n) is 2.00. The van der Waals surface area contributed by atoms with E-state index in [0.717, 1.165) is 23.4 Å². The Labute approximate surface area is 120 Å². The van der Waals surface area contributed by atoms with Crippen molar-refractivity contribution in [2.24, 2.45) is 0 Å². The minimum Gasteiger partial charge on any atom is -0.477 e. The van der Waals surface area contributed by atoms with Gasteiger partial charge in [-0.2, -0.15) is 0 Å². The number of carboxylic acids is 1. The van der Waals surface area contributed by atoms with E-state index < -0.39 is 10.9 Å². The molecule has 0 atom stereocenters. The minimum absolute atomic E-state index is 0.00537. The molecule has 0 saturated carbocycles. The molecule has 2 rings (SSSR count). The van der Waals surface area contributed by atoms with Crippen LogP contribution in [0, 0.1) is 17.0 Å². The largest absolute Gasteiger partial charge is 0.477 e. The van der Waals surface area contributed by atoms with Crippen LogP contribution in [0.2, 0.25) is 0 Å². The van der Waals surface area contributed by atoms with E-state index in [0.29, 0.717) is 0 Å². The average molecular weight is 287 g/mol. The van der Waals surface area contributed by atoms with Gasteiger partial charge >= 0.3 is 11.7 Å². The first-order chi connectivity index (χ1) is 9.91. The van der Waals surface area contributed by atoms with Crippen LogP contribution >= 0.6 is 0 Å². The third kappa shape index (κ3) is 2.81. The normalized spacial score (nSPS) is 10.2. The predicted octanol–water partition coefficient (Wildman–Crippen LogP) is 2.76. The average Bonchev–Trinajstić information content (AvgIpc) is 2.46. The Hall–Kier alpha value is -2.96. The summed E-state index contributed by atoms with van der Waals surface area (Å²) >= 11 is 0. The summed E-state index contributed by atoms with van der Waals surface area (Å²) in [7, 11) is 1.61. The number of carbonyl (C=O) groups is 1. The molecule has 21 heavy (non-hydrogen) atoms. The van der Waals surface area contributed by atoms with Gasteiger partial charge in [-0.25, -0.2) is 9.78 Å². The van der Waals surface area contributed by atoms with Gasteiger partial charge in [-0.3, -0.25) is 10.1 Å². The number of pyridine rings is 1. The van der Waals surface area contributed by atoms with Gasteiger partial charge in [0, 0.05) is 18.8 Å². The molecule has 0 fully saturated rings. The maximum atomic E-state index is 11.1. The fourth-order valence-corrected chi connectivity index (χ4v) is 2.00. The molecule has 1 N–H and O–H groups in total. The van der Waals surface area contributed by atoms with Gasteiger partial charge in [0.25, 0.3) is 0 Å². The van der Waals surface area contributed by atoms with Crippen molar-refractivity contribution in [2.45, 2.75) is 6.92 Å². The second-order valence-corrected chi connectivity index (χ2v) is 4.45. The quantitative estimate of drug-likeness (QED) is 0.686. The van der Waals surface area contributed by atoms with Gasteiger partial charge in [-0.05, 0) is 24.6 Å². The van der Waals surface area contributed by atoms with E-state index in [-0.39, 0.29) is 17.2 Å². The lowest BCUT2D eigenvalue weighted by atomic mass is 10.2. The first-order valence-corrected chi connectivity index (χ1v) is 6.10. The van der Waals surface area contributed by atoms with Gasteiger partial charge in [0.15, 0.2) is 5.69 Å². The van der Waals surface area contributed by atoms with Gasteiger partial charge in [0.2, 0.25) is 5.82 Å². The summed E-state index contributed by atoms with van der Waals surface area (Å²) in [5.74, 6) is -1.24. The second-order valence-electron chi connectivity index (χ2n) is 4.45. The van der Waals surface area contributed by atoms with Crippen LogP contribution in [-0.4, -0.2) is 28.0 Å². The summed E-state index contributed by atoms with van der Waals surface area (Å²) in [6, 6.07) is 9.57. The lowest BCUT2D eigenvalue weighted by Crippen LogP contribution is -2.16. The van der Waals surface area contributed by atoms with E-state index >= 15 is 0 Å². The van der Waals surface area contributed by atoms with Crippen molar-refractivity contribution < 1.29 is 14.8 Å². The number of aryl methyl sites for hydroxylation is 1. The summed E-state index contributed by atoms with van der Waals surface area (Å²) in [6.07, 6.45) is 0. The van der Waals surface area contributed by atoms with E-state index in [1.165, 1.54) is 4.90 Å². The van der Waals surface area contributed by atoms with Crippen molar-refractivity contribution in [1.29, 1.82) is 0 Å². The van der Waals surface area contributed by atoms with Gasteiger partial charge in [0.05, 0.1) is 4.92 Å². The van der Waals surface area contributed by atoms with Gasteiger partial charge in [-0.15, -0.1) is 0 Å². The highest BCUT2D eigenvalue weighted by Crippen LogP contribution is 2.32. The molecule has 0 aliphatic heterocycles. The van der Waals surface area contributed by atoms with Gasteiger partial charge in [-0.1, -0.05) is 18.2 Å². The molecule has 0 unspecified atom stereocenters. The SMILES string of the molecule is Cc1ccccc1N(C)c1nc(C(=O)O)ccc1[N+](=O)[O-]. The van der Waals surface area contributed by atoms with Gasteiger partial charge in [0.1, 0.15) is 0 Å². The molecule has 1 aromatic heterocycles. The van der Waals surface area contributed by atoms with Crippen LogP contribution < -0.4 is 4.90 Å². The monoisotopic (exact) mass is 287 g/mol. The molecule has 0 bridgehead atoms. The number of aromatic nitrogens is 1. The third-order valence-corrected chi connectivity index (χ3v) is 3.06. The Morgan fingerprint density at radius 1 is 1.29 bits per heavy atom. The number of carboxylic acid groups (broad SMARTS) is 1. The number of nitrogens with zero attached hydrogens (tertiary/aromatic N) is 3. The number of para-hydroxylation sites is 1. The second kappa shape index (κ2) is 5.58. The number of hydrogen-bond acceptors (Lipinski definition) is 5. The Balaban J connectivity index is 2.60. The lowest BCUT2D eigenvalue weighted by molar-refractivity contribution is -0.384. The molecule has 7 nitrogen and oxygen atoms in total. The standard InChI is InChI=1S/C14H13N3O4/c1-9-5-3-4-6-11(9)16(2)13-12(17(20)21)8-7-10(15-13)14(18)19/h3-8H,1-2H3,(H,18,19). The third-order valence-electron chi connectivity index (χ3n) is 3.06. The molecule has 1 heterocycles. The summed E-state index contributed by atoms with van der Waals surface area (Å²) in [5.41, 5.74) is 1.13. The summed E-state index contributed by atoms with van der Waals surface area (Å²) in [6.45, 7) is 1.86. The zero-order valence-electron chi connectivity index (χ0n) is 11.5. The molecular weight excluding hydrogens is 274 g/mol. The van der Waals surface area contributed by atoms with Crippen LogP contribution in [0.4, 0.5) is 17.2 Å². The molecule has 1 aromatic carbocycles. The van der Waals surface area contributed by atoms with Crippen molar-refractivity contribution in [1.82, 2.24) is 4.98 Å². The molecule has 0 radical (unpaired) electrons. The van der Waals surface area contributed by atoms with Crippen molar-refractivity contribution in [2.75, 3.05) is 11.9 Å². The number of aromatic carboxylic acids is 1. The fraction of sp³-hybridized carbons (Fsp3) is 0.143. The van der Waals surface area contributed by atoms with E-state index in [1.807, 2.05) is 19.1 Å². The molecule has 0 amide bonds. The lowest BCUT2D eigenvalue weighted by Gasteiger charge is -2.20. The zero-order valence-corrected chi connectivity index (χ0v) is 11.5. The summed E-state index contributed by atoms with van der Waals surface area (Å²) in [5, 5.41) is 20.1. The molecular formula is C14H13N3O4.